The molecule has 4 nitrogen and oxygen atoms in total. The van der Waals surface area contributed by atoms with Crippen molar-refractivity contribution in [3.63, 3.8) is 0 Å². The molecule has 1 aliphatic heterocycles. The zero-order valence-electron chi connectivity index (χ0n) is 15.6. The van der Waals surface area contributed by atoms with E-state index in [-0.39, 0.29) is 11.3 Å². The van der Waals surface area contributed by atoms with E-state index in [0.29, 0.717) is 13.0 Å². The Hall–Kier alpha value is -2.33. The molecule has 0 saturated carbocycles. The summed E-state index contributed by atoms with van der Waals surface area (Å²) in [4.78, 5) is 12.5. The van der Waals surface area contributed by atoms with Gasteiger partial charge in [-0.3, -0.25) is 4.79 Å². The fourth-order valence-electron chi connectivity index (χ4n) is 3.59. The Labute approximate surface area is 155 Å². The highest BCUT2D eigenvalue weighted by Crippen LogP contribution is 2.35. The lowest BCUT2D eigenvalue weighted by molar-refractivity contribution is -0.121. The summed E-state index contributed by atoms with van der Waals surface area (Å²) in [5.41, 5.74) is 3.39. The van der Waals surface area contributed by atoms with Gasteiger partial charge in [0.15, 0.2) is 0 Å². The molecular weight excluding hydrogens is 326 g/mol. The largest absolute Gasteiger partial charge is 0.497 e. The van der Waals surface area contributed by atoms with Crippen molar-refractivity contribution < 1.29 is 14.3 Å². The molecule has 0 unspecified atom stereocenters. The molecule has 0 spiro atoms. The lowest BCUT2D eigenvalue weighted by atomic mass is 9.74. The molecule has 1 N–H and O–H groups in total. The molecule has 26 heavy (non-hydrogen) atoms. The van der Waals surface area contributed by atoms with Crippen molar-refractivity contribution in [2.75, 3.05) is 26.9 Å². The summed E-state index contributed by atoms with van der Waals surface area (Å²) in [6.07, 6.45) is 2.23. The molecule has 2 aromatic rings. The van der Waals surface area contributed by atoms with Crippen LogP contribution in [0, 0.1) is 6.92 Å². The SMILES string of the molecule is COc1ccc(C2(CNC(=O)Cc3ccccc3C)CCOCC2)cc1. The van der Waals surface area contributed by atoms with Gasteiger partial charge in [-0.1, -0.05) is 36.4 Å². The molecule has 1 amide bonds. The number of hydrogen-bond acceptors (Lipinski definition) is 3. The van der Waals surface area contributed by atoms with Crippen LogP contribution in [-0.2, 0) is 21.4 Å². The van der Waals surface area contributed by atoms with E-state index in [1.54, 1.807) is 7.11 Å². The molecule has 138 valence electrons. The van der Waals surface area contributed by atoms with Gasteiger partial charge in [-0.25, -0.2) is 0 Å². The molecule has 1 heterocycles. The van der Waals surface area contributed by atoms with Crippen LogP contribution in [0.3, 0.4) is 0 Å². The highest BCUT2D eigenvalue weighted by Gasteiger charge is 2.34. The average Bonchev–Trinajstić information content (AvgIpc) is 2.69. The van der Waals surface area contributed by atoms with Gasteiger partial charge in [-0.05, 0) is 48.6 Å². The fourth-order valence-corrected chi connectivity index (χ4v) is 3.59. The topological polar surface area (TPSA) is 47.6 Å². The van der Waals surface area contributed by atoms with Crippen molar-refractivity contribution in [2.45, 2.75) is 31.6 Å². The van der Waals surface area contributed by atoms with E-state index < -0.39 is 0 Å². The van der Waals surface area contributed by atoms with Crippen molar-refractivity contribution in [1.29, 1.82) is 0 Å². The summed E-state index contributed by atoms with van der Waals surface area (Å²) in [6, 6.07) is 16.2. The van der Waals surface area contributed by atoms with Gasteiger partial charge >= 0.3 is 0 Å². The van der Waals surface area contributed by atoms with Crippen molar-refractivity contribution in [3.05, 3.63) is 65.2 Å². The van der Waals surface area contributed by atoms with E-state index in [2.05, 4.69) is 17.4 Å². The van der Waals surface area contributed by atoms with Crippen LogP contribution >= 0.6 is 0 Å². The number of aryl methyl sites for hydroxylation is 1. The third-order valence-electron chi connectivity index (χ3n) is 5.39. The van der Waals surface area contributed by atoms with Crippen molar-refractivity contribution in [3.8, 4) is 5.75 Å². The molecule has 0 radical (unpaired) electrons. The fraction of sp³-hybridized carbons (Fsp3) is 0.409. The molecule has 2 aromatic carbocycles. The second-order valence-corrected chi connectivity index (χ2v) is 7.00. The number of carbonyl (C=O) groups excluding carboxylic acids is 1. The highest BCUT2D eigenvalue weighted by molar-refractivity contribution is 5.79. The van der Waals surface area contributed by atoms with Gasteiger partial charge in [0, 0.05) is 25.2 Å². The van der Waals surface area contributed by atoms with Crippen LogP contribution in [0.2, 0.25) is 0 Å². The number of carbonyl (C=O) groups is 1. The first-order valence-electron chi connectivity index (χ1n) is 9.16. The van der Waals surface area contributed by atoms with Gasteiger partial charge in [-0.15, -0.1) is 0 Å². The smallest absolute Gasteiger partial charge is 0.224 e. The Morgan fingerprint density at radius 2 is 1.81 bits per heavy atom. The minimum absolute atomic E-state index is 0.0682. The highest BCUT2D eigenvalue weighted by atomic mass is 16.5. The first-order chi connectivity index (χ1) is 12.6. The van der Waals surface area contributed by atoms with E-state index in [1.165, 1.54) is 5.56 Å². The maximum absolute atomic E-state index is 12.5. The van der Waals surface area contributed by atoms with Crippen LogP contribution in [0.25, 0.3) is 0 Å². The summed E-state index contributed by atoms with van der Waals surface area (Å²) in [7, 11) is 1.67. The Morgan fingerprint density at radius 1 is 1.12 bits per heavy atom. The number of amides is 1. The normalized spacial score (nSPS) is 16.1. The van der Waals surface area contributed by atoms with Gasteiger partial charge in [0.1, 0.15) is 5.75 Å². The van der Waals surface area contributed by atoms with E-state index in [4.69, 9.17) is 9.47 Å². The van der Waals surface area contributed by atoms with Crippen LogP contribution in [0.1, 0.15) is 29.5 Å². The maximum Gasteiger partial charge on any atom is 0.224 e. The molecule has 0 aliphatic carbocycles. The van der Waals surface area contributed by atoms with Crippen LogP contribution in [0.5, 0.6) is 5.75 Å². The monoisotopic (exact) mass is 353 g/mol. The number of methoxy groups -OCH3 is 1. The molecule has 0 aromatic heterocycles. The number of hydrogen-bond donors (Lipinski definition) is 1. The van der Waals surface area contributed by atoms with E-state index >= 15 is 0 Å². The molecule has 3 rings (SSSR count). The van der Waals surface area contributed by atoms with Gasteiger partial charge in [0.05, 0.1) is 13.5 Å². The van der Waals surface area contributed by atoms with Gasteiger partial charge in [-0.2, -0.15) is 0 Å². The standard InChI is InChI=1S/C22H27NO3/c1-17-5-3-4-6-18(17)15-21(24)23-16-22(11-13-26-14-12-22)19-7-9-20(25-2)10-8-19/h3-10H,11-16H2,1-2H3,(H,23,24). The predicted molar refractivity (Wildman–Crippen MR) is 103 cm³/mol. The summed E-state index contributed by atoms with van der Waals surface area (Å²) in [5, 5.41) is 3.17. The zero-order chi connectivity index (χ0) is 18.4. The van der Waals surface area contributed by atoms with Crippen molar-refractivity contribution in [1.82, 2.24) is 5.32 Å². The third kappa shape index (κ3) is 4.25. The minimum Gasteiger partial charge on any atom is -0.497 e. The summed E-state index contributed by atoms with van der Waals surface area (Å²) >= 11 is 0. The van der Waals surface area contributed by atoms with Crippen molar-refractivity contribution >= 4 is 5.91 Å². The van der Waals surface area contributed by atoms with Crippen molar-refractivity contribution in [2.24, 2.45) is 0 Å². The van der Waals surface area contributed by atoms with Crippen LogP contribution in [0.4, 0.5) is 0 Å². The van der Waals surface area contributed by atoms with E-state index in [0.717, 1.165) is 42.9 Å². The quantitative estimate of drug-likeness (QED) is 0.866. The molecule has 4 heteroatoms. The summed E-state index contributed by atoms with van der Waals surface area (Å²) in [5.74, 6) is 0.915. The Bertz CT molecular complexity index is 733. The average molecular weight is 353 g/mol. The number of rotatable bonds is 6. The number of nitrogens with one attached hydrogen (secondary N) is 1. The van der Waals surface area contributed by atoms with Gasteiger partial charge in [0.25, 0.3) is 0 Å². The molecule has 0 atom stereocenters. The molecule has 0 bridgehead atoms. The van der Waals surface area contributed by atoms with Gasteiger partial charge in [0.2, 0.25) is 5.91 Å². The Kier molecular flexibility index (Phi) is 5.94. The lowest BCUT2D eigenvalue weighted by Gasteiger charge is -2.38. The van der Waals surface area contributed by atoms with Crippen LogP contribution in [-0.4, -0.2) is 32.8 Å². The first kappa shape index (κ1) is 18.5. The Balaban J connectivity index is 1.70. The molecule has 1 fully saturated rings. The minimum atomic E-state index is -0.0775. The van der Waals surface area contributed by atoms with Crippen LogP contribution in [0.15, 0.2) is 48.5 Å². The zero-order valence-corrected chi connectivity index (χ0v) is 15.6. The molecule has 1 saturated heterocycles. The Morgan fingerprint density at radius 3 is 2.46 bits per heavy atom. The van der Waals surface area contributed by atoms with E-state index in [1.807, 2.05) is 43.3 Å². The molecule has 1 aliphatic rings. The number of ether oxygens (including phenoxy) is 2. The second kappa shape index (κ2) is 8.37. The maximum atomic E-state index is 12.5. The predicted octanol–water partition coefficient (Wildman–Crippen LogP) is 3.41. The lowest BCUT2D eigenvalue weighted by Crippen LogP contribution is -2.45. The first-order valence-corrected chi connectivity index (χ1v) is 9.16. The molecular formula is C22H27NO3. The van der Waals surface area contributed by atoms with E-state index in [9.17, 15) is 4.79 Å². The summed E-state index contributed by atoms with van der Waals surface area (Å²) in [6.45, 7) is 4.12. The number of benzene rings is 2. The summed E-state index contributed by atoms with van der Waals surface area (Å²) < 4.78 is 10.8. The van der Waals surface area contributed by atoms with Crippen LogP contribution < -0.4 is 10.1 Å². The van der Waals surface area contributed by atoms with Gasteiger partial charge < -0.3 is 14.8 Å². The second-order valence-electron chi connectivity index (χ2n) is 7.00. The third-order valence-corrected chi connectivity index (χ3v) is 5.39.